The summed E-state index contributed by atoms with van der Waals surface area (Å²) in [5.41, 5.74) is 1.45. The Balaban J connectivity index is 1.64. The summed E-state index contributed by atoms with van der Waals surface area (Å²) >= 11 is 0. The number of nitrogens with one attached hydrogen (secondary N) is 2. The zero-order valence-corrected chi connectivity index (χ0v) is 21.4. The van der Waals surface area contributed by atoms with Crippen LogP contribution in [0.4, 0.5) is 4.79 Å². The van der Waals surface area contributed by atoms with Crippen molar-refractivity contribution in [2.45, 2.75) is 84.4 Å². The Bertz CT molecular complexity index is 971. The van der Waals surface area contributed by atoms with E-state index in [0.29, 0.717) is 30.1 Å². The minimum atomic E-state index is -1.13. The standard InChI is InChI=1S/C28H40N2O5/c1-17(2)15-21(29-28(34)35-16-19-11-7-5-8-12-19)27(33)30-24(18(3)4)26(32)23-22(25(23)31)20-13-9-6-10-14-20/h6,9-10,13-14,17-19,21,24,26,32H,5,7-8,11-12,15-16H2,1-4H3,(H,29,34)(H,30,33)/t21?,24-,26+/m0/s1. The summed E-state index contributed by atoms with van der Waals surface area (Å²) < 4.78 is 5.44. The van der Waals surface area contributed by atoms with Crippen LogP contribution in [0.25, 0.3) is 11.1 Å². The molecule has 7 nitrogen and oxygen atoms in total. The van der Waals surface area contributed by atoms with Crippen molar-refractivity contribution < 1.29 is 19.4 Å². The molecule has 1 aliphatic carbocycles. The first-order chi connectivity index (χ1) is 16.7. The monoisotopic (exact) mass is 484 g/mol. The van der Waals surface area contributed by atoms with Crippen LogP contribution >= 0.6 is 0 Å². The Morgan fingerprint density at radius 2 is 1.69 bits per heavy atom. The van der Waals surface area contributed by atoms with E-state index >= 15 is 0 Å². The summed E-state index contributed by atoms with van der Waals surface area (Å²) in [6.07, 6.45) is 4.41. The summed E-state index contributed by atoms with van der Waals surface area (Å²) in [6.45, 7) is 8.09. The molecule has 7 heteroatoms. The number of carbonyl (C=O) groups excluding carboxylic acids is 2. The molecule has 0 bridgehead atoms. The first kappa shape index (κ1) is 26.9. The van der Waals surface area contributed by atoms with Gasteiger partial charge in [0.25, 0.3) is 0 Å². The van der Waals surface area contributed by atoms with Gasteiger partial charge in [-0.2, -0.15) is 0 Å². The molecule has 1 fully saturated rings. The van der Waals surface area contributed by atoms with Crippen molar-refractivity contribution in [2.24, 2.45) is 17.8 Å². The van der Waals surface area contributed by atoms with Gasteiger partial charge < -0.3 is 20.5 Å². The maximum absolute atomic E-state index is 13.2. The first-order valence-electron chi connectivity index (χ1n) is 12.9. The number of hydrogen-bond acceptors (Lipinski definition) is 5. The number of hydrogen-bond donors (Lipinski definition) is 3. The third kappa shape index (κ3) is 7.40. The average molecular weight is 485 g/mol. The lowest BCUT2D eigenvalue weighted by Gasteiger charge is -2.29. The number of aliphatic hydroxyl groups is 1. The second-order valence-electron chi connectivity index (χ2n) is 10.6. The molecule has 1 unspecified atom stereocenters. The van der Waals surface area contributed by atoms with Crippen molar-refractivity contribution in [1.29, 1.82) is 0 Å². The topological polar surface area (TPSA) is 105 Å². The molecule has 2 amide bonds. The van der Waals surface area contributed by atoms with Crippen molar-refractivity contribution in [1.82, 2.24) is 10.6 Å². The normalized spacial score (nSPS) is 17.3. The maximum Gasteiger partial charge on any atom is 0.407 e. The molecular formula is C28H40N2O5. The van der Waals surface area contributed by atoms with E-state index in [4.69, 9.17) is 4.74 Å². The van der Waals surface area contributed by atoms with E-state index in [-0.39, 0.29) is 23.2 Å². The fourth-order valence-electron chi connectivity index (χ4n) is 4.85. The lowest BCUT2D eigenvalue weighted by molar-refractivity contribution is -0.125. The number of carbonyl (C=O) groups is 2. The van der Waals surface area contributed by atoms with Crippen molar-refractivity contribution >= 4 is 12.0 Å². The van der Waals surface area contributed by atoms with Crippen LogP contribution in [-0.4, -0.2) is 35.8 Å². The van der Waals surface area contributed by atoms with E-state index in [2.05, 4.69) is 10.6 Å². The van der Waals surface area contributed by atoms with Gasteiger partial charge in [-0.3, -0.25) is 9.59 Å². The average Bonchev–Trinajstić information content (AvgIpc) is 3.51. The second kappa shape index (κ2) is 12.3. The molecule has 3 N–H and O–H groups in total. The van der Waals surface area contributed by atoms with Gasteiger partial charge in [0.2, 0.25) is 5.91 Å². The van der Waals surface area contributed by atoms with Crippen LogP contribution in [-0.2, 0) is 9.53 Å². The largest absolute Gasteiger partial charge is 0.449 e. The van der Waals surface area contributed by atoms with Gasteiger partial charge in [0, 0.05) is 11.1 Å². The van der Waals surface area contributed by atoms with Crippen LogP contribution in [0.15, 0.2) is 35.1 Å². The van der Waals surface area contributed by atoms with Gasteiger partial charge in [-0.25, -0.2) is 4.79 Å². The van der Waals surface area contributed by atoms with Gasteiger partial charge in [0.15, 0.2) is 5.43 Å². The quantitative estimate of drug-likeness (QED) is 0.436. The van der Waals surface area contributed by atoms with Crippen LogP contribution < -0.4 is 16.1 Å². The first-order valence-corrected chi connectivity index (χ1v) is 12.9. The van der Waals surface area contributed by atoms with Gasteiger partial charge in [-0.05, 0) is 42.6 Å². The summed E-state index contributed by atoms with van der Waals surface area (Å²) in [5, 5.41) is 16.7. The van der Waals surface area contributed by atoms with E-state index in [1.807, 2.05) is 58.0 Å². The van der Waals surface area contributed by atoms with E-state index in [1.165, 1.54) is 6.42 Å². The molecule has 3 rings (SSSR count). The number of rotatable bonds is 11. The van der Waals surface area contributed by atoms with E-state index < -0.39 is 24.3 Å². The Kier molecular flexibility index (Phi) is 9.49. The van der Waals surface area contributed by atoms with Crippen LogP contribution in [0.5, 0.6) is 0 Å². The fourth-order valence-corrected chi connectivity index (χ4v) is 4.85. The van der Waals surface area contributed by atoms with E-state index in [1.54, 1.807) is 0 Å². The van der Waals surface area contributed by atoms with Crippen LogP contribution in [0.2, 0.25) is 0 Å². The minimum Gasteiger partial charge on any atom is -0.449 e. The number of aliphatic hydroxyl groups excluding tert-OH is 1. The molecular weight excluding hydrogens is 444 g/mol. The highest BCUT2D eigenvalue weighted by Crippen LogP contribution is 2.33. The van der Waals surface area contributed by atoms with Crippen molar-refractivity contribution in [3.8, 4) is 11.1 Å². The summed E-state index contributed by atoms with van der Waals surface area (Å²) in [4.78, 5) is 38.2. The van der Waals surface area contributed by atoms with Crippen molar-refractivity contribution in [3.63, 3.8) is 0 Å². The molecule has 35 heavy (non-hydrogen) atoms. The van der Waals surface area contributed by atoms with Crippen molar-refractivity contribution in [3.05, 3.63) is 46.1 Å². The third-order valence-corrected chi connectivity index (χ3v) is 6.89. The lowest BCUT2D eigenvalue weighted by atomic mass is 9.90. The van der Waals surface area contributed by atoms with Crippen LogP contribution in [0.1, 0.15) is 77.9 Å². The van der Waals surface area contributed by atoms with Gasteiger partial charge >= 0.3 is 6.09 Å². The molecule has 0 radical (unpaired) electrons. The Labute approximate surface area is 208 Å². The second-order valence-corrected chi connectivity index (χ2v) is 10.6. The van der Waals surface area contributed by atoms with Gasteiger partial charge in [0.1, 0.15) is 12.1 Å². The third-order valence-electron chi connectivity index (χ3n) is 6.89. The zero-order valence-electron chi connectivity index (χ0n) is 21.4. The molecule has 2 aromatic rings. The molecule has 0 heterocycles. The Hall–Kier alpha value is -2.67. The lowest BCUT2D eigenvalue weighted by Crippen LogP contribution is -2.53. The Morgan fingerprint density at radius 1 is 1.03 bits per heavy atom. The van der Waals surface area contributed by atoms with Gasteiger partial charge in [-0.15, -0.1) is 0 Å². The highest BCUT2D eigenvalue weighted by Gasteiger charge is 2.37. The molecule has 192 valence electrons. The molecule has 0 aliphatic heterocycles. The van der Waals surface area contributed by atoms with Crippen molar-refractivity contribution in [2.75, 3.05) is 6.61 Å². The van der Waals surface area contributed by atoms with Crippen LogP contribution in [0, 0.1) is 17.8 Å². The SMILES string of the molecule is CC(C)CC(NC(=O)OCC1CCCCC1)C(=O)N[C@@H](C(C)C)[C@H](O)c1c(-c2ccccc2)c1=O. The summed E-state index contributed by atoms with van der Waals surface area (Å²) in [5.74, 6) is 0.0191. The van der Waals surface area contributed by atoms with E-state index in [0.717, 1.165) is 31.2 Å². The molecule has 3 atom stereocenters. The molecule has 1 saturated carbocycles. The zero-order chi connectivity index (χ0) is 25.5. The fraction of sp³-hybridized carbons (Fsp3) is 0.607. The maximum atomic E-state index is 13.2. The minimum absolute atomic E-state index is 0.134. The predicted octanol–water partition coefficient (Wildman–Crippen LogP) is 4.48. The number of alkyl carbamates (subject to hydrolysis) is 1. The highest BCUT2D eigenvalue weighted by atomic mass is 16.5. The molecule has 2 aromatic carbocycles. The Morgan fingerprint density at radius 3 is 2.29 bits per heavy atom. The summed E-state index contributed by atoms with van der Waals surface area (Å²) in [7, 11) is 0. The molecule has 0 spiro atoms. The summed E-state index contributed by atoms with van der Waals surface area (Å²) in [6, 6.07) is 7.75. The number of benzene rings is 1. The predicted molar refractivity (Wildman–Crippen MR) is 137 cm³/mol. The van der Waals surface area contributed by atoms with Gasteiger partial charge in [-0.1, -0.05) is 77.3 Å². The van der Waals surface area contributed by atoms with Gasteiger partial charge in [0.05, 0.1) is 12.6 Å². The molecule has 0 aromatic heterocycles. The molecule has 1 aliphatic rings. The highest BCUT2D eigenvalue weighted by molar-refractivity contribution is 5.86. The molecule has 0 saturated heterocycles. The van der Waals surface area contributed by atoms with E-state index in [9.17, 15) is 19.5 Å². The number of ether oxygens (including phenoxy) is 1. The number of amides is 2. The smallest absolute Gasteiger partial charge is 0.407 e. The van der Waals surface area contributed by atoms with Crippen LogP contribution in [0.3, 0.4) is 0 Å².